The molecule has 0 saturated carbocycles. The van der Waals surface area contributed by atoms with E-state index in [1.165, 1.54) is 6.07 Å². The highest BCUT2D eigenvalue weighted by Gasteiger charge is 2.46. The van der Waals surface area contributed by atoms with E-state index in [-0.39, 0.29) is 16.4 Å². The molecule has 3 heterocycles. The number of sulfone groups is 2. The molecule has 0 radical (unpaired) electrons. The molecule has 0 fully saturated rings. The summed E-state index contributed by atoms with van der Waals surface area (Å²) in [5.41, 5.74) is 1.36. The Morgan fingerprint density at radius 2 is 1.22 bits per heavy atom. The van der Waals surface area contributed by atoms with E-state index in [1.54, 1.807) is 29.8 Å². The molecule has 2 N–H and O–H groups in total. The van der Waals surface area contributed by atoms with Crippen LogP contribution < -0.4 is 10.6 Å². The Morgan fingerprint density at radius 3 is 1.67 bits per heavy atom. The van der Waals surface area contributed by atoms with Gasteiger partial charge in [-0.3, -0.25) is 19.9 Å². The van der Waals surface area contributed by atoms with E-state index in [1.807, 2.05) is 20.8 Å². The maximum atomic E-state index is 14.0. The Balaban J connectivity index is 0.000000241. The minimum atomic E-state index is -4.44. The Bertz CT molecular complexity index is 2410. The molecule has 54 heavy (non-hydrogen) atoms. The highest BCUT2D eigenvalue weighted by molar-refractivity contribution is 7.94. The van der Waals surface area contributed by atoms with Crippen LogP contribution in [0.5, 0.6) is 0 Å². The van der Waals surface area contributed by atoms with Crippen LogP contribution in [-0.4, -0.2) is 53.3 Å². The van der Waals surface area contributed by atoms with Crippen LogP contribution in [0.4, 0.5) is 28.6 Å². The van der Waals surface area contributed by atoms with Gasteiger partial charge in [-0.1, -0.05) is 32.0 Å². The summed E-state index contributed by atoms with van der Waals surface area (Å²) >= 11 is 1.10. The van der Waals surface area contributed by atoms with Crippen molar-refractivity contribution in [3.05, 3.63) is 101 Å². The molecule has 0 aliphatic rings. The molecule has 0 unspecified atom stereocenters. The van der Waals surface area contributed by atoms with Crippen molar-refractivity contribution in [1.82, 2.24) is 15.1 Å². The maximum absolute atomic E-state index is 14.0. The summed E-state index contributed by atoms with van der Waals surface area (Å²) in [7, 11) is -8.88. The molecule has 12 nitrogen and oxygen atoms in total. The largest absolute Gasteiger partial charge is 0.338 e. The summed E-state index contributed by atoms with van der Waals surface area (Å²) in [5, 5.41) is 10.4. The molecule has 0 aliphatic heterocycles. The monoisotopic (exact) mass is 809 g/mol. The molecule has 2 aromatic carbocycles. The molecule has 0 aliphatic carbocycles. The fourth-order valence-corrected chi connectivity index (χ4v) is 7.86. The van der Waals surface area contributed by atoms with Crippen molar-refractivity contribution < 1.29 is 48.5 Å². The zero-order valence-corrected chi connectivity index (χ0v) is 32.3. The zero-order valence-electron chi connectivity index (χ0n) is 29.9. The second-order valence-corrected chi connectivity index (χ2v) is 19.5. The van der Waals surface area contributed by atoms with Crippen molar-refractivity contribution >= 4 is 53.8 Å². The molecule has 3 aromatic heterocycles. The Labute approximate surface area is 312 Å². The highest BCUT2D eigenvalue weighted by atomic mass is 32.2. The quantitative estimate of drug-likeness (QED) is 0.115. The third kappa shape index (κ3) is 8.68. The summed E-state index contributed by atoms with van der Waals surface area (Å²) in [4.78, 5) is 32.0. The number of pyridine rings is 1. The van der Waals surface area contributed by atoms with Crippen LogP contribution in [0.3, 0.4) is 0 Å². The predicted octanol–water partition coefficient (Wildman–Crippen LogP) is 7.12. The Hall–Kier alpha value is -5.01. The van der Waals surface area contributed by atoms with E-state index in [9.17, 15) is 44.0 Å². The molecular weight excluding hydrogens is 775 g/mol. The van der Waals surface area contributed by atoms with Crippen LogP contribution >= 0.6 is 11.3 Å². The number of nitrogens with zero attached hydrogens (tertiary/aromatic N) is 3. The summed E-state index contributed by atoms with van der Waals surface area (Å²) in [6, 6.07) is 10.9. The lowest BCUT2D eigenvalue weighted by Crippen LogP contribution is -2.44. The topological polar surface area (TPSA) is 178 Å². The number of benzene rings is 2. The number of rotatable bonds is 9. The number of amides is 2. The lowest BCUT2D eigenvalue weighted by Gasteiger charge is -2.23. The number of thiazole rings is 1. The minimum absolute atomic E-state index is 0.0252. The molecule has 0 saturated heterocycles. The minimum Gasteiger partial charge on any atom is -0.338 e. The third-order valence-electron chi connectivity index (χ3n) is 7.97. The van der Waals surface area contributed by atoms with Gasteiger partial charge in [0.1, 0.15) is 48.2 Å². The maximum Gasteiger partial charge on any atom is 0.248 e. The molecule has 2 amide bonds. The molecule has 0 spiro atoms. The first-order chi connectivity index (χ1) is 24.9. The van der Waals surface area contributed by atoms with E-state index in [2.05, 4.69) is 25.8 Å². The zero-order chi connectivity index (χ0) is 40.4. The van der Waals surface area contributed by atoms with Gasteiger partial charge in [0, 0.05) is 35.2 Å². The van der Waals surface area contributed by atoms with Gasteiger partial charge in [-0.25, -0.2) is 39.4 Å². The number of halogens is 4. The average molecular weight is 810 g/mol. The molecular formula is C35H35F4N5O7S3. The van der Waals surface area contributed by atoms with Gasteiger partial charge < -0.3 is 9.84 Å². The van der Waals surface area contributed by atoms with E-state index >= 15 is 0 Å². The third-order valence-corrected chi connectivity index (χ3v) is 13.6. The van der Waals surface area contributed by atoms with Crippen LogP contribution in [0, 0.1) is 23.3 Å². The van der Waals surface area contributed by atoms with Gasteiger partial charge in [0.15, 0.2) is 24.8 Å². The van der Waals surface area contributed by atoms with Crippen LogP contribution in [0.1, 0.15) is 54.2 Å². The summed E-state index contributed by atoms with van der Waals surface area (Å²) < 4.78 is 106. The first-order valence-corrected chi connectivity index (χ1v) is 19.6. The summed E-state index contributed by atoms with van der Waals surface area (Å²) in [6.07, 6.45) is 1.60. The van der Waals surface area contributed by atoms with Crippen LogP contribution in [0.25, 0.3) is 11.4 Å². The van der Waals surface area contributed by atoms with Crippen molar-refractivity contribution in [2.45, 2.75) is 73.2 Å². The first kappa shape index (κ1) is 41.7. The lowest BCUT2D eigenvalue weighted by atomic mass is 9.92. The summed E-state index contributed by atoms with van der Waals surface area (Å²) in [5.74, 6) is -6.20. The number of carbonyl (C=O) groups excluding carboxylic acids is 2. The van der Waals surface area contributed by atoms with E-state index in [0.29, 0.717) is 29.2 Å². The Morgan fingerprint density at radius 1 is 0.704 bits per heavy atom. The van der Waals surface area contributed by atoms with Gasteiger partial charge in [-0.2, -0.15) is 0 Å². The van der Waals surface area contributed by atoms with Gasteiger partial charge in [-0.05, 0) is 64.1 Å². The van der Waals surface area contributed by atoms with Crippen molar-refractivity contribution in [3.8, 4) is 11.4 Å². The number of nitrogens with one attached hydrogen (secondary N) is 2. The van der Waals surface area contributed by atoms with Crippen molar-refractivity contribution in [1.29, 1.82) is 0 Å². The van der Waals surface area contributed by atoms with Gasteiger partial charge in [-0.15, -0.1) is 11.3 Å². The second-order valence-electron chi connectivity index (χ2n) is 13.7. The number of hydrogen-bond acceptors (Lipinski definition) is 11. The number of anilines is 2. The molecule has 5 rings (SSSR count). The first-order valence-electron chi connectivity index (χ1n) is 15.8. The second kappa shape index (κ2) is 15.4. The van der Waals surface area contributed by atoms with Crippen LogP contribution in [0.2, 0.25) is 0 Å². The van der Waals surface area contributed by atoms with Gasteiger partial charge in [0.05, 0.1) is 11.4 Å². The molecule has 19 heteroatoms. The fourth-order valence-electron chi connectivity index (χ4n) is 4.34. The molecule has 0 bridgehead atoms. The lowest BCUT2D eigenvalue weighted by molar-refractivity contribution is -0.118. The van der Waals surface area contributed by atoms with Gasteiger partial charge >= 0.3 is 0 Å². The number of carbonyl (C=O) groups is 2. The SMILES string of the molecule is CC(C)(C(=O)Nc1nc(-c2ccccn2)cs1)S(=O)(=O)c1ccc(F)cc1F.CC(C)(C)c1cc(NC(=O)C(C)(C)S(=O)(=O)c2ccc(F)cc2F)on1. The van der Waals surface area contributed by atoms with Gasteiger partial charge in [0.25, 0.3) is 0 Å². The highest BCUT2D eigenvalue weighted by Crippen LogP contribution is 2.32. The van der Waals surface area contributed by atoms with Crippen LogP contribution in [0.15, 0.2) is 86.6 Å². The summed E-state index contributed by atoms with van der Waals surface area (Å²) in [6.45, 7) is 10.2. The van der Waals surface area contributed by atoms with E-state index in [4.69, 9.17) is 4.52 Å². The molecule has 288 valence electrons. The smallest absolute Gasteiger partial charge is 0.248 e. The fraction of sp³-hybridized carbons (Fsp3) is 0.286. The standard InChI is InChI=1S/C18H15F2N3O3S2.C17H20F2N2O4S/c1-18(2,28(25,26)15-7-6-11(19)9-12(15)20)16(24)23-17-22-14(10-27-17)13-5-3-4-8-21-13;1-16(2,3)13-9-14(25-21-13)20-15(22)17(4,5)26(23,24)12-7-6-10(18)8-11(12)19/h3-10H,1-2H3,(H,22,23,24);6-9H,1-5H3,(H,20,22). The van der Waals surface area contributed by atoms with E-state index < -0.39 is 74.0 Å². The normalized spacial score (nSPS) is 12.4. The predicted molar refractivity (Wildman–Crippen MR) is 193 cm³/mol. The average Bonchev–Trinajstić information content (AvgIpc) is 3.75. The van der Waals surface area contributed by atoms with Crippen molar-refractivity contribution in [3.63, 3.8) is 0 Å². The van der Waals surface area contributed by atoms with E-state index in [0.717, 1.165) is 63.3 Å². The van der Waals surface area contributed by atoms with Crippen molar-refractivity contribution in [2.24, 2.45) is 0 Å². The molecule has 5 aromatic rings. The number of hydrogen-bond donors (Lipinski definition) is 2. The number of aromatic nitrogens is 3. The van der Waals surface area contributed by atoms with Crippen molar-refractivity contribution in [2.75, 3.05) is 10.6 Å². The van der Waals surface area contributed by atoms with Crippen LogP contribution in [-0.2, 0) is 34.7 Å². The Kier molecular flexibility index (Phi) is 11.9. The van der Waals surface area contributed by atoms with Gasteiger partial charge in [0.2, 0.25) is 17.7 Å². The molecule has 0 atom stereocenters.